The molecular weight excluding hydrogens is 324 g/mol. The number of aromatic nitrogens is 1. The molecule has 0 atom stereocenters. The Morgan fingerprint density at radius 3 is 2.68 bits per heavy atom. The van der Waals surface area contributed by atoms with E-state index in [2.05, 4.69) is 19.9 Å². The molecule has 124 valence electrons. The van der Waals surface area contributed by atoms with Gasteiger partial charge in [-0.2, -0.15) is 0 Å². The number of nitrogens with one attached hydrogen (secondary N) is 2. The molecule has 0 bridgehead atoms. The molecule has 1 amide bonds. The highest BCUT2D eigenvalue weighted by Crippen LogP contribution is 2.21. The summed E-state index contributed by atoms with van der Waals surface area (Å²) in [5.41, 5.74) is 0.911. The van der Waals surface area contributed by atoms with Crippen LogP contribution in [0.2, 0.25) is 0 Å². The SMILES string of the molecule is Cc1csc(NC(=O)C2CCN(CCNS(C)(=O)=O)CC2)n1. The third-order valence-corrected chi connectivity index (χ3v) is 5.20. The van der Waals surface area contributed by atoms with Gasteiger partial charge in [0, 0.05) is 24.4 Å². The van der Waals surface area contributed by atoms with Crippen LogP contribution in [-0.4, -0.2) is 56.6 Å². The van der Waals surface area contributed by atoms with Gasteiger partial charge in [0.25, 0.3) is 0 Å². The first kappa shape index (κ1) is 17.3. The molecule has 0 saturated carbocycles. The topological polar surface area (TPSA) is 91.4 Å². The summed E-state index contributed by atoms with van der Waals surface area (Å²) < 4.78 is 24.5. The lowest BCUT2D eigenvalue weighted by Crippen LogP contribution is -2.41. The largest absolute Gasteiger partial charge is 0.302 e. The van der Waals surface area contributed by atoms with Crippen LogP contribution < -0.4 is 10.0 Å². The van der Waals surface area contributed by atoms with Gasteiger partial charge in [0.15, 0.2) is 5.13 Å². The van der Waals surface area contributed by atoms with E-state index >= 15 is 0 Å². The zero-order valence-corrected chi connectivity index (χ0v) is 14.5. The van der Waals surface area contributed by atoms with Crippen LogP contribution in [0.4, 0.5) is 5.13 Å². The summed E-state index contributed by atoms with van der Waals surface area (Å²) in [5.74, 6) is 0.0339. The standard InChI is InChI=1S/C13H22N4O3S2/c1-10-9-21-13(15-10)16-12(18)11-3-6-17(7-4-11)8-5-14-22(2,19)20/h9,11,14H,3-8H2,1-2H3,(H,15,16,18). The molecule has 0 aliphatic carbocycles. The second-order valence-electron chi connectivity index (χ2n) is 5.57. The zero-order valence-electron chi connectivity index (χ0n) is 12.8. The van der Waals surface area contributed by atoms with Crippen LogP contribution in [0.1, 0.15) is 18.5 Å². The van der Waals surface area contributed by atoms with Gasteiger partial charge in [-0.1, -0.05) is 0 Å². The Bertz CT molecular complexity index is 607. The number of hydrogen-bond donors (Lipinski definition) is 2. The molecule has 0 unspecified atom stereocenters. The molecule has 1 aliphatic rings. The number of rotatable bonds is 6. The number of carbonyl (C=O) groups is 1. The van der Waals surface area contributed by atoms with Gasteiger partial charge in [0.05, 0.1) is 11.9 Å². The number of likely N-dealkylation sites (tertiary alicyclic amines) is 1. The Balaban J connectivity index is 1.71. The Morgan fingerprint density at radius 1 is 1.45 bits per heavy atom. The van der Waals surface area contributed by atoms with Crippen molar-refractivity contribution in [2.45, 2.75) is 19.8 Å². The lowest BCUT2D eigenvalue weighted by atomic mass is 9.96. The van der Waals surface area contributed by atoms with Gasteiger partial charge in [0.1, 0.15) is 0 Å². The molecule has 0 spiro atoms. The number of sulfonamides is 1. The first-order valence-electron chi connectivity index (χ1n) is 7.23. The van der Waals surface area contributed by atoms with Crippen molar-refractivity contribution in [1.82, 2.24) is 14.6 Å². The van der Waals surface area contributed by atoms with Gasteiger partial charge >= 0.3 is 0 Å². The van der Waals surface area contributed by atoms with Crippen molar-refractivity contribution in [3.63, 3.8) is 0 Å². The van der Waals surface area contributed by atoms with Crippen LogP contribution in [0, 0.1) is 12.8 Å². The second kappa shape index (κ2) is 7.49. The van der Waals surface area contributed by atoms with Crippen LogP contribution in [0.25, 0.3) is 0 Å². The van der Waals surface area contributed by atoms with Crippen LogP contribution in [-0.2, 0) is 14.8 Å². The van der Waals surface area contributed by atoms with Gasteiger partial charge in [-0.05, 0) is 32.9 Å². The summed E-state index contributed by atoms with van der Waals surface area (Å²) in [6.45, 7) is 4.59. The summed E-state index contributed by atoms with van der Waals surface area (Å²) in [7, 11) is -3.13. The fourth-order valence-electron chi connectivity index (χ4n) is 2.43. The molecule has 2 heterocycles. The average molecular weight is 346 g/mol. The smallest absolute Gasteiger partial charge is 0.229 e. The molecule has 7 nitrogen and oxygen atoms in total. The summed E-state index contributed by atoms with van der Waals surface area (Å²) in [6.07, 6.45) is 2.73. The van der Waals surface area contributed by atoms with E-state index in [0.717, 1.165) is 37.9 Å². The minimum Gasteiger partial charge on any atom is -0.302 e. The third-order valence-electron chi connectivity index (χ3n) is 3.60. The summed E-state index contributed by atoms with van der Waals surface area (Å²) in [5, 5.41) is 5.43. The van der Waals surface area contributed by atoms with Crippen LogP contribution >= 0.6 is 11.3 Å². The molecule has 2 N–H and O–H groups in total. The summed E-state index contributed by atoms with van der Waals surface area (Å²) >= 11 is 1.44. The minimum absolute atomic E-state index is 0.00308. The number of amides is 1. The normalized spacial score (nSPS) is 17.5. The Kier molecular flexibility index (Phi) is 5.90. The van der Waals surface area contributed by atoms with E-state index < -0.39 is 10.0 Å². The van der Waals surface area contributed by atoms with Crippen LogP contribution in [0.5, 0.6) is 0 Å². The van der Waals surface area contributed by atoms with E-state index in [1.165, 1.54) is 11.3 Å². The Hall–Kier alpha value is -1.03. The van der Waals surface area contributed by atoms with Crippen molar-refractivity contribution in [1.29, 1.82) is 0 Å². The predicted octanol–water partition coefficient (Wildman–Crippen LogP) is 0.651. The molecule has 0 aromatic carbocycles. The number of nitrogens with zero attached hydrogens (tertiary/aromatic N) is 2. The van der Waals surface area contributed by atoms with E-state index in [-0.39, 0.29) is 11.8 Å². The predicted molar refractivity (Wildman–Crippen MR) is 87.5 cm³/mol. The molecule has 22 heavy (non-hydrogen) atoms. The average Bonchev–Trinajstić information content (AvgIpc) is 2.83. The highest BCUT2D eigenvalue weighted by molar-refractivity contribution is 7.88. The molecule has 1 aromatic rings. The van der Waals surface area contributed by atoms with Gasteiger partial charge in [-0.3, -0.25) is 4.79 Å². The van der Waals surface area contributed by atoms with Gasteiger partial charge in [-0.25, -0.2) is 18.1 Å². The molecule has 1 aromatic heterocycles. The third kappa shape index (κ3) is 5.64. The molecule has 9 heteroatoms. The molecule has 1 fully saturated rings. The molecule has 2 rings (SSSR count). The van der Waals surface area contributed by atoms with Crippen LogP contribution in [0.3, 0.4) is 0 Å². The molecule has 1 saturated heterocycles. The van der Waals surface area contributed by atoms with E-state index in [4.69, 9.17) is 0 Å². The second-order valence-corrected chi connectivity index (χ2v) is 8.26. The van der Waals surface area contributed by atoms with E-state index in [1.807, 2.05) is 12.3 Å². The van der Waals surface area contributed by atoms with Crippen LogP contribution in [0.15, 0.2) is 5.38 Å². The number of thiazole rings is 1. The maximum absolute atomic E-state index is 12.2. The fraction of sp³-hybridized carbons (Fsp3) is 0.692. The van der Waals surface area contributed by atoms with Gasteiger partial charge < -0.3 is 10.2 Å². The maximum atomic E-state index is 12.2. The number of hydrogen-bond acceptors (Lipinski definition) is 6. The summed E-state index contributed by atoms with van der Waals surface area (Å²) in [6, 6.07) is 0. The monoisotopic (exact) mass is 346 g/mol. The highest BCUT2D eigenvalue weighted by Gasteiger charge is 2.25. The first-order valence-corrected chi connectivity index (χ1v) is 10.0. The Labute approximate surface area is 135 Å². The molecule has 1 aliphatic heterocycles. The summed E-state index contributed by atoms with van der Waals surface area (Å²) in [4.78, 5) is 18.6. The van der Waals surface area contributed by atoms with Crippen molar-refractivity contribution in [3.05, 3.63) is 11.1 Å². The Morgan fingerprint density at radius 2 is 2.14 bits per heavy atom. The quantitative estimate of drug-likeness (QED) is 0.789. The first-order chi connectivity index (χ1) is 10.3. The number of anilines is 1. The van der Waals surface area contributed by atoms with Gasteiger partial charge in [-0.15, -0.1) is 11.3 Å². The van der Waals surface area contributed by atoms with Crippen molar-refractivity contribution in [3.8, 4) is 0 Å². The van der Waals surface area contributed by atoms with E-state index in [0.29, 0.717) is 18.2 Å². The zero-order chi connectivity index (χ0) is 16.2. The lowest BCUT2D eigenvalue weighted by Gasteiger charge is -2.30. The van der Waals surface area contributed by atoms with Crippen molar-refractivity contribution >= 4 is 32.4 Å². The molecule has 0 radical (unpaired) electrons. The van der Waals surface area contributed by atoms with Crippen molar-refractivity contribution in [2.24, 2.45) is 5.92 Å². The van der Waals surface area contributed by atoms with E-state index in [1.54, 1.807) is 0 Å². The van der Waals surface area contributed by atoms with Crippen molar-refractivity contribution < 1.29 is 13.2 Å². The number of aryl methyl sites for hydroxylation is 1. The fourth-order valence-corrected chi connectivity index (χ4v) is 3.58. The maximum Gasteiger partial charge on any atom is 0.229 e. The number of carbonyl (C=O) groups excluding carboxylic acids is 1. The van der Waals surface area contributed by atoms with Crippen molar-refractivity contribution in [2.75, 3.05) is 37.8 Å². The molecular formula is C13H22N4O3S2. The van der Waals surface area contributed by atoms with E-state index in [9.17, 15) is 13.2 Å². The lowest BCUT2D eigenvalue weighted by molar-refractivity contribution is -0.121. The number of piperidine rings is 1. The highest BCUT2D eigenvalue weighted by atomic mass is 32.2. The minimum atomic E-state index is -3.13. The van der Waals surface area contributed by atoms with Gasteiger partial charge in [0.2, 0.25) is 15.9 Å².